The first-order valence-corrected chi connectivity index (χ1v) is 11.4. The van der Waals surface area contributed by atoms with Crippen molar-refractivity contribution in [3.05, 3.63) is 35.4 Å². The molecule has 1 aromatic rings. The van der Waals surface area contributed by atoms with Crippen molar-refractivity contribution < 1.29 is 28.7 Å². The van der Waals surface area contributed by atoms with E-state index in [9.17, 15) is 19.2 Å². The zero-order valence-corrected chi connectivity index (χ0v) is 21.6. The van der Waals surface area contributed by atoms with E-state index in [1.165, 1.54) is 4.90 Å². The van der Waals surface area contributed by atoms with Gasteiger partial charge in [0, 0.05) is 12.1 Å². The summed E-state index contributed by atoms with van der Waals surface area (Å²) in [7, 11) is 0. The Morgan fingerprint density at radius 3 is 2.21 bits per heavy atom. The molecular formula is C25H39N3O6. The second-order valence-electron chi connectivity index (χ2n) is 9.95. The lowest BCUT2D eigenvalue weighted by Crippen LogP contribution is -2.55. The van der Waals surface area contributed by atoms with Crippen LogP contribution in [0, 0.1) is 6.92 Å². The van der Waals surface area contributed by atoms with Crippen LogP contribution in [0.2, 0.25) is 0 Å². The van der Waals surface area contributed by atoms with Crippen LogP contribution in [0.1, 0.15) is 72.1 Å². The maximum Gasteiger partial charge on any atom is 0.408 e. The van der Waals surface area contributed by atoms with Gasteiger partial charge in [0.05, 0.1) is 13.0 Å². The molecule has 0 radical (unpaired) electrons. The molecule has 0 aliphatic carbocycles. The van der Waals surface area contributed by atoms with Crippen LogP contribution in [0.5, 0.6) is 0 Å². The van der Waals surface area contributed by atoms with Crippen molar-refractivity contribution >= 4 is 23.9 Å². The van der Waals surface area contributed by atoms with Crippen LogP contribution in [-0.4, -0.2) is 59.6 Å². The molecule has 9 heteroatoms. The second kappa shape index (κ2) is 12.4. The number of hydrogen-bond donors (Lipinski definition) is 2. The number of amides is 3. The number of nitrogens with one attached hydrogen (secondary N) is 2. The van der Waals surface area contributed by atoms with Crippen LogP contribution in [0.15, 0.2) is 24.3 Å². The number of hydrogen-bond acceptors (Lipinski definition) is 6. The first-order chi connectivity index (χ1) is 15.7. The van der Waals surface area contributed by atoms with Crippen LogP contribution < -0.4 is 10.6 Å². The molecule has 1 rings (SSSR count). The van der Waals surface area contributed by atoms with Crippen LogP contribution in [0.3, 0.4) is 0 Å². The second-order valence-corrected chi connectivity index (χ2v) is 9.95. The molecule has 3 amide bonds. The zero-order valence-electron chi connectivity index (χ0n) is 21.6. The number of aryl methyl sites for hydroxylation is 1. The van der Waals surface area contributed by atoms with Crippen molar-refractivity contribution in [1.29, 1.82) is 0 Å². The van der Waals surface area contributed by atoms with Gasteiger partial charge in [-0.2, -0.15) is 0 Å². The van der Waals surface area contributed by atoms with E-state index in [2.05, 4.69) is 10.6 Å². The van der Waals surface area contributed by atoms with E-state index in [4.69, 9.17) is 9.47 Å². The molecule has 1 unspecified atom stereocenters. The molecule has 0 saturated carbocycles. The van der Waals surface area contributed by atoms with E-state index in [1.54, 1.807) is 33.8 Å². The van der Waals surface area contributed by atoms with Crippen LogP contribution >= 0.6 is 0 Å². The highest BCUT2D eigenvalue weighted by atomic mass is 16.6. The predicted octanol–water partition coefficient (Wildman–Crippen LogP) is 3.26. The third-order valence-electron chi connectivity index (χ3n) is 4.57. The summed E-state index contributed by atoms with van der Waals surface area (Å²) in [6, 6.07) is 6.34. The molecule has 0 bridgehead atoms. The SMILES string of the molecule is CCOC(=O)CCNC(=O)C(c1cccc(C)c1)N(C(=O)CNC(=O)OC(C)(C)C)C(C)(C)C. The zero-order chi connectivity index (χ0) is 26.1. The molecule has 0 fully saturated rings. The molecule has 2 N–H and O–H groups in total. The van der Waals surface area contributed by atoms with Gasteiger partial charge in [-0.25, -0.2) is 4.79 Å². The molecule has 1 aromatic carbocycles. The predicted molar refractivity (Wildman–Crippen MR) is 129 cm³/mol. The number of esters is 1. The Morgan fingerprint density at radius 2 is 1.68 bits per heavy atom. The fourth-order valence-electron chi connectivity index (χ4n) is 3.33. The first-order valence-electron chi connectivity index (χ1n) is 11.4. The standard InChI is InChI=1S/C25H39N3O6/c1-9-33-20(30)13-14-26-22(31)21(18-12-10-11-17(2)15-18)28(24(3,4)5)19(29)16-27-23(32)34-25(6,7)8/h10-12,15,21H,9,13-14,16H2,1-8H3,(H,26,31)(H,27,32). The van der Waals surface area contributed by atoms with E-state index in [0.717, 1.165) is 5.56 Å². The Kier molecular flexibility index (Phi) is 10.5. The maximum atomic E-state index is 13.3. The topological polar surface area (TPSA) is 114 Å². The van der Waals surface area contributed by atoms with Crippen molar-refractivity contribution in [3.8, 4) is 0 Å². The summed E-state index contributed by atoms with van der Waals surface area (Å²) in [5, 5.41) is 5.22. The summed E-state index contributed by atoms with van der Waals surface area (Å²) in [6.07, 6.45) is -0.704. The summed E-state index contributed by atoms with van der Waals surface area (Å²) in [5.74, 6) is -1.30. The fourth-order valence-corrected chi connectivity index (χ4v) is 3.33. The quantitative estimate of drug-likeness (QED) is 0.528. The molecule has 1 atom stereocenters. The summed E-state index contributed by atoms with van der Waals surface area (Å²) in [6.45, 7) is 14.2. The van der Waals surface area contributed by atoms with E-state index >= 15 is 0 Å². The lowest BCUT2D eigenvalue weighted by Gasteiger charge is -2.41. The smallest absolute Gasteiger partial charge is 0.408 e. The van der Waals surface area contributed by atoms with E-state index in [0.29, 0.717) is 5.56 Å². The highest BCUT2D eigenvalue weighted by Crippen LogP contribution is 2.29. The van der Waals surface area contributed by atoms with Crippen molar-refractivity contribution in [1.82, 2.24) is 15.5 Å². The average molecular weight is 478 g/mol. The van der Waals surface area contributed by atoms with Gasteiger partial charge in [0.2, 0.25) is 11.8 Å². The summed E-state index contributed by atoms with van der Waals surface area (Å²) < 4.78 is 10.1. The Morgan fingerprint density at radius 1 is 1.03 bits per heavy atom. The molecule has 0 spiro atoms. The van der Waals surface area contributed by atoms with E-state index in [1.807, 2.05) is 45.9 Å². The van der Waals surface area contributed by atoms with Crippen LogP contribution in [0.25, 0.3) is 0 Å². The minimum Gasteiger partial charge on any atom is -0.466 e. The van der Waals surface area contributed by atoms with Gasteiger partial charge in [0.1, 0.15) is 18.2 Å². The van der Waals surface area contributed by atoms with Gasteiger partial charge in [-0.3, -0.25) is 14.4 Å². The van der Waals surface area contributed by atoms with Crippen molar-refractivity contribution in [2.75, 3.05) is 19.7 Å². The molecule has 9 nitrogen and oxygen atoms in total. The number of carbonyl (C=O) groups excluding carboxylic acids is 4. The lowest BCUT2D eigenvalue weighted by atomic mass is 9.95. The Hall–Kier alpha value is -3.10. The molecule has 0 aliphatic rings. The number of rotatable bonds is 9. The number of carbonyl (C=O) groups is 4. The van der Waals surface area contributed by atoms with Crippen molar-refractivity contribution in [3.63, 3.8) is 0 Å². The number of alkyl carbamates (subject to hydrolysis) is 1. The third kappa shape index (κ3) is 9.80. The van der Waals surface area contributed by atoms with Gasteiger partial charge in [0.25, 0.3) is 0 Å². The maximum absolute atomic E-state index is 13.3. The number of benzene rings is 1. The highest BCUT2D eigenvalue weighted by molar-refractivity contribution is 5.91. The first kappa shape index (κ1) is 28.9. The van der Waals surface area contributed by atoms with Gasteiger partial charge in [-0.15, -0.1) is 0 Å². The number of nitrogens with zero attached hydrogens (tertiary/aromatic N) is 1. The summed E-state index contributed by atoms with van der Waals surface area (Å²) >= 11 is 0. The Labute approximate surface area is 202 Å². The van der Waals surface area contributed by atoms with Gasteiger partial charge in [-0.1, -0.05) is 29.8 Å². The highest BCUT2D eigenvalue weighted by Gasteiger charge is 2.38. The van der Waals surface area contributed by atoms with E-state index < -0.39 is 41.1 Å². The van der Waals surface area contributed by atoms with Crippen LogP contribution in [0.4, 0.5) is 4.79 Å². The van der Waals surface area contributed by atoms with Gasteiger partial charge >= 0.3 is 12.1 Å². The molecule has 34 heavy (non-hydrogen) atoms. The Bertz CT molecular complexity index is 870. The molecule has 0 aromatic heterocycles. The fraction of sp³-hybridized carbons (Fsp3) is 0.600. The normalized spacial score (nSPS) is 12.4. The third-order valence-corrected chi connectivity index (χ3v) is 4.57. The molecule has 0 heterocycles. The van der Waals surface area contributed by atoms with Gasteiger partial charge in [0.15, 0.2) is 0 Å². The average Bonchev–Trinajstić information content (AvgIpc) is 2.68. The summed E-state index contributed by atoms with van der Waals surface area (Å²) in [4.78, 5) is 51.9. The molecular weight excluding hydrogens is 438 g/mol. The van der Waals surface area contributed by atoms with Gasteiger partial charge in [-0.05, 0) is 61.0 Å². The van der Waals surface area contributed by atoms with E-state index in [-0.39, 0.29) is 26.1 Å². The largest absolute Gasteiger partial charge is 0.466 e. The molecule has 0 saturated heterocycles. The Balaban J connectivity index is 3.19. The van der Waals surface area contributed by atoms with Gasteiger partial charge < -0.3 is 25.0 Å². The minimum atomic E-state index is -0.977. The van der Waals surface area contributed by atoms with Crippen LogP contribution in [-0.2, 0) is 23.9 Å². The molecule has 0 aliphatic heterocycles. The molecule has 190 valence electrons. The number of ether oxygens (including phenoxy) is 2. The van der Waals surface area contributed by atoms with Crippen molar-refractivity contribution in [2.24, 2.45) is 0 Å². The summed E-state index contributed by atoms with van der Waals surface area (Å²) in [5.41, 5.74) is 0.0727. The van der Waals surface area contributed by atoms with Crippen molar-refractivity contribution in [2.45, 2.75) is 79.0 Å². The monoisotopic (exact) mass is 477 g/mol. The lowest BCUT2D eigenvalue weighted by molar-refractivity contribution is -0.146. The minimum absolute atomic E-state index is 0.0176.